The van der Waals surface area contributed by atoms with E-state index in [0.29, 0.717) is 32.9 Å². The Balaban J connectivity index is 1.05. The molecule has 3 aromatic rings. The van der Waals surface area contributed by atoms with Gasteiger partial charge in [0.05, 0.1) is 23.9 Å². The number of benzene rings is 1. The average molecular weight is 534 g/mol. The number of likely N-dealkylation sites (tertiary alicyclic amines) is 1. The summed E-state index contributed by atoms with van der Waals surface area (Å²) in [7, 11) is 0. The van der Waals surface area contributed by atoms with Crippen LogP contribution in [-0.4, -0.2) is 76.3 Å². The predicted molar refractivity (Wildman–Crippen MR) is 149 cm³/mol. The summed E-state index contributed by atoms with van der Waals surface area (Å²) in [6.07, 6.45) is 9.76. The monoisotopic (exact) mass is 533 g/mol. The van der Waals surface area contributed by atoms with Crippen LogP contribution in [0.5, 0.6) is 0 Å². The number of fused-ring (bicyclic) bond motifs is 2. The maximum Gasteiger partial charge on any atom is 0.325 e. The number of aromatic nitrogens is 3. The summed E-state index contributed by atoms with van der Waals surface area (Å²) in [6.45, 7) is 4.44. The molecule has 2 saturated heterocycles. The number of rotatable bonds is 10. The first-order chi connectivity index (χ1) is 19.2. The van der Waals surface area contributed by atoms with Crippen molar-refractivity contribution in [1.82, 2.24) is 19.7 Å². The number of pyridine rings is 1. The van der Waals surface area contributed by atoms with Gasteiger partial charge in [-0.1, -0.05) is 24.3 Å². The molecule has 208 valence electrons. The number of carbonyl (C=O) groups is 1. The van der Waals surface area contributed by atoms with Gasteiger partial charge in [-0.2, -0.15) is 5.10 Å². The van der Waals surface area contributed by atoms with Gasteiger partial charge in [0.1, 0.15) is 11.9 Å². The Labute approximate surface area is 229 Å². The molecule has 3 aliphatic heterocycles. The molecule has 6 rings (SSSR count). The number of hydrogen-bond donors (Lipinski definition) is 2. The summed E-state index contributed by atoms with van der Waals surface area (Å²) in [5, 5.41) is 19.4. The number of anilines is 1. The van der Waals surface area contributed by atoms with Crippen molar-refractivity contribution in [1.29, 1.82) is 0 Å². The third kappa shape index (κ3) is 5.81. The first-order valence-electron chi connectivity index (χ1n) is 14.5. The van der Waals surface area contributed by atoms with Gasteiger partial charge >= 0.3 is 5.97 Å². The number of carboxylic acid groups (broad SMARTS) is 1. The highest BCUT2D eigenvalue weighted by Gasteiger charge is 2.36. The Kier molecular flexibility index (Phi) is 8.08. The summed E-state index contributed by atoms with van der Waals surface area (Å²) in [6, 6.07) is 9.80. The Morgan fingerprint density at radius 3 is 2.95 bits per heavy atom. The second-order valence-corrected chi connectivity index (χ2v) is 11.0. The second kappa shape index (κ2) is 12.0. The fourth-order valence-electron chi connectivity index (χ4n) is 6.33. The topological polar surface area (TPSA) is 102 Å². The van der Waals surface area contributed by atoms with Crippen LogP contribution in [0, 0.1) is 0 Å². The number of unbranched alkanes of at least 4 members (excludes halogenated alkanes) is 1. The lowest BCUT2D eigenvalue weighted by molar-refractivity contribution is -0.143. The number of hydrogen-bond acceptors (Lipinski definition) is 7. The van der Waals surface area contributed by atoms with Crippen molar-refractivity contribution in [3.05, 3.63) is 53.3 Å². The number of aliphatic carboxylic acids is 1. The van der Waals surface area contributed by atoms with E-state index in [-0.39, 0.29) is 12.1 Å². The van der Waals surface area contributed by atoms with Crippen LogP contribution >= 0.6 is 0 Å². The third-order valence-corrected chi connectivity index (χ3v) is 8.39. The highest BCUT2D eigenvalue weighted by atomic mass is 16.5. The van der Waals surface area contributed by atoms with Gasteiger partial charge in [0.2, 0.25) is 0 Å². The molecule has 0 radical (unpaired) electrons. The molecule has 2 aromatic heterocycles. The number of aryl methyl sites for hydroxylation is 2. The maximum absolute atomic E-state index is 12.6. The molecule has 5 heterocycles. The zero-order valence-corrected chi connectivity index (χ0v) is 22.6. The van der Waals surface area contributed by atoms with Gasteiger partial charge in [0.15, 0.2) is 0 Å². The molecule has 2 atom stereocenters. The fraction of sp³-hybridized carbons (Fsp3) is 0.567. The van der Waals surface area contributed by atoms with Crippen LogP contribution in [0.2, 0.25) is 0 Å². The smallest absolute Gasteiger partial charge is 0.325 e. The van der Waals surface area contributed by atoms with E-state index in [9.17, 15) is 9.90 Å². The minimum Gasteiger partial charge on any atom is -0.480 e. The Morgan fingerprint density at radius 1 is 1.18 bits per heavy atom. The molecular weight excluding hydrogens is 494 g/mol. The van der Waals surface area contributed by atoms with Gasteiger partial charge in [-0.25, -0.2) is 4.98 Å². The van der Waals surface area contributed by atoms with Crippen molar-refractivity contribution in [2.24, 2.45) is 0 Å². The molecule has 39 heavy (non-hydrogen) atoms. The van der Waals surface area contributed by atoms with E-state index in [1.165, 1.54) is 12.0 Å². The molecule has 2 fully saturated rings. The SMILES string of the molecule is O=C(O)C(c1cccc2cnn(C3CCOCC3)c12)N1CCC(OCCCCc2ccc3c(n2)NCCC3)C1. The molecule has 9 heteroatoms. The molecular formula is C30H39N5O4. The van der Waals surface area contributed by atoms with Crippen LogP contribution in [-0.2, 0) is 27.1 Å². The molecule has 0 spiro atoms. The van der Waals surface area contributed by atoms with Crippen LogP contribution in [0.15, 0.2) is 36.5 Å². The van der Waals surface area contributed by atoms with Crippen LogP contribution < -0.4 is 5.32 Å². The lowest BCUT2D eigenvalue weighted by atomic mass is 10.0. The zero-order valence-electron chi connectivity index (χ0n) is 22.6. The molecule has 0 amide bonds. The van der Waals surface area contributed by atoms with Crippen molar-refractivity contribution in [2.45, 2.75) is 69.6 Å². The minimum atomic E-state index is -0.824. The number of para-hydroxylation sites is 1. The standard InChI is InChI=1S/C30H39N5O4/c36-30(37)28(26-8-3-5-22-19-32-35(27(22)26)24-12-17-38-18-13-24)34-15-11-25(20-34)39-16-2-1-7-23-10-9-21-6-4-14-31-29(21)33-23/h3,5,8-10,19,24-25,28H,1-2,4,6-7,11-18,20H2,(H,31,33)(H,36,37). The summed E-state index contributed by atoms with van der Waals surface area (Å²) in [4.78, 5) is 19.5. The largest absolute Gasteiger partial charge is 0.480 e. The second-order valence-electron chi connectivity index (χ2n) is 11.0. The van der Waals surface area contributed by atoms with Crippen LogP contribution in [0.4, 0.5) is 5.82 Å². The Morgan fingerprint density at radius 2 is 2.08 bits per heavy atom. The van der Waals surface area contributed by atoms with Crippen molar-refractivity contribution in [2.75, 3.05) is 44.8 Å². The number of nitrogens with one attached hydrogen (secondary N) is 1. The molecule has 0 aliphatic carbocycles. The minimum absolute atomic E-state index is 0.0533. The van der Waals surface area contributed by atoms with Gasteiger partial charge in [0, 0.05) is 56.1 Å². The lowest BCUT2D eigenvalue weighted by Gasteiger charge is -2.28. The summed E-state index contributed by atoms with van der Waals surface area (Å²) >= 11 is 0. The van der Waals surface area contributed by atoms with Crippen LogP contribution in [0.3, 0.4) is 0 Å². The molecule has 0 saturated carbocycles. The normalized spacial score (nSPS) is 21.1. The van der Waals surface area contributed by atoms with Gasteiger partial charge in [-0.05, 0) is 63.0 Å². The first-order valence-corrected chi connectivity index (χ1v) is 14.5. The van der Waals surface area contributed by atoms with E-state index in [1.54, 1.807) is 0 Å². The number of ether oxygens (including phenoxy) is 2. The van der Waals surface area contributed by atoms with Crippen molar-refractivity contribution in [3.8, 4) is 0 Å². The van der Waals surface area contributed by atoms with Gasteiger partial charge in [0.25, 0.3) is 0 Å². The summed E-state index contributed by atoms with van der Waals surface area (Å²) < 4.78 is 13.8. The molecule has 9 nitrogen and oxygen atoms in total. The number of nitrogens with zero attached hydrogens (tertiary/aromatic N) is 4. The third-order valence-electron chi connectivity index (χ3n) is 8.39. The Bertz CT molecular complexity index is 1290. The van der Waals surface area contributed by atoms with E-state index < -0.39 is 12.0 Å². The van der Waals surface area contributed by atoms with Crippen LogP contribution in [0.1, 0.15) is 67.4 Å². The van der Waals surface area contributed by atoms with Crippen molar-refractivity contribution >= 4 is 22.7 Å². The average Bonchev–Trinajstić information content (AvgIpc) is 3.61. The number of carboxylic acids is 1. The predicted octanol–water partition coefficient (Wildman–Crippen LogP) is 4.38. The Hall–Kier alpha value is -3.01. The van der Waals surface area contributed by atoms with Crippen molar-refractivity contribution < 1.29 is 19.4 Å². The molecule has 1 aromatic carbocycles. The van der Waals surface area contributed by atoms with E-state index >= 15 is 0 Å². The first kappa shape index (κ1) is 26.2. The molecule has 2 unspecified atom stereocenters. The van der Waals surface area contributed by atoms with Gasteiger partial charge < -0.3 is 19.9 Å². The van der Waals surface area contributed by atoms with E-state index in [0.717, 1.165) is 79.5 Å². The van der Waals surface area contributed by atoms with Crippen LogP contribution in [0.25, 0.3) is 10.9 Å². The molecule has 2 N–H and O–H groups in total. The fourth-order valence-corrected chi connectivity index (χ4v) is 6.33. The molecule has 0 bridgehead atoms. The summed E-state index contributed by atoms with van der Waals surface area (Å²) in [5.41, 5.74) is 4.21. The van der Waals surface area contributed by atoms with Crippen molar-refractivity contribution in [3.63, 3.8) is 0 Å². The highest BCUT2D eigenvalue weighted by Crippen LogP contribution is 2.34. The zero-order chi connectivity index (χ0) is 26.6. The highest BCUT2D eigenvalue weighted by molar-refractivity contribution is 5.88. The maximum atomic E-state index is 12.6. The van der Waals surface area contributed by atoms with E-state index in [2.05, 4.69) is 27.4 Å². The van der Waals surface area contributed by atoms with E-state index in [1.807, 2.05) is 29.1 Å². The van der Waals surface area contributed by atoms with Gasteiger partial charge in [-0.3, -0.25) is 14.4 Å². The molecule has 3 aliphatic rings. The quantitative estimate of drug-likeness (QED) is 0.370. The summed E-state index contributed by atoms with van der Waals surface area (Å²) in [5.74, 6) is 0.232. The lowest BCUT2D eigenvalue weighted by Crippen LogP contribution is -2.34. The van der Waals surface area contributed by atoms with Gasteiger partial charge in [-0.15, -0.1) is 0 Å². The van der Waals surface area contributed by atoms with E-state index in [4.69, 9.17) is 14.5 Å².